The molecule has 0 saturated heterocycles. The number of fused-ring (bicyclic) bond motifs is 1. The largest absolute Gasteiger partial charge is 0.460 e. The highest BCUT2D eigenvalue weighted by Gasteiger charge is 2.29. The van der Waals surface area contributed by atoms with E-state index in [1.807, 2.05) is 25.1 Å². The van der Waals surface area contributed by atoms with Crippen molar-refractivity contribution in [2.24, 2.45) is 16.8 Å². The van der Waals surface area contributed by atoms with E-state index in [0.29, 0.717) is 32.2 Å². The van der Waals surface area contributed by atoms with E-state index in [1.165, 1.54) is 6.21 Å². The van der Waals surface area contributed by atoms with E-state index in [2.05, 4.69) is 39.9 Å². The summed E-state index contributed by atoms with van der Waals surface area (Å²) in [6.07, 6.45) is 3.10. The molecule has 0 fully saturated rings. The van der Waals surface area contributed by atoms with Crippen molar-refractivity contribution in [3.8, 4) is 0 Å². The monoisotopic (exact) mass is 695 g/mol. The minimum absolute atomic E-state index is 0.0497. The predicted octanol–water partition coefficient (Wildman–Crippen LogP) is 6.88. The number of hydrogen-bond acceptors (Lipinski definition) is 8. The first-order valence-corrected chi connectivity index (χ1v) is 17.4. The van der Waals surface area contributed by atoms with Crippen LogP contribution in [0.1, 0.15) is 107 Å². The van der Waals surface area contributed by atoms with Crippen molar-refractivity contribution < 1.29 is 38.2 Å². The Balaban J connectivity index is 1.98. The van der Waals surface area contributed by atoms with Gasteiger partial charge in [0.1, 0.15) is 22.8 Å². The molecule has 11 heteroatoms. The molecule has 2 aromatic rings. The number of rotatable bonds is 15. The lowest BCUT2D eigenvalue weighted by molar-refractivity contribution is -0.159. The molecule has 276 valence electrons. The van der Waals surface area contributed by atoms with Crippen molar-refractivity contribution in [2.45, 2.75) is 131 Å². The molecule has 2 rings (SSSR count). The molecule has 0 heterocycles. The first-order chi connectivity index (χ1) is 23.1. The molecule has 2 N–H and O–H groups in total. The summed E-state index contributed by atoms with van der Waals surface area (Å²) in [5.74, 6) is -2.90. The smallest absolute Gasteiger partial charge is 0.341 e. The molecule has 11 nitrogen and oxygen atoms in total. The van der Waals surface area contributed by atoms with E-state index in [-0.39, 0.29) is 24.7 Å². The number of aliphatic imine (C=N–C) groups is 1. The number of amides is 3. The van der Waals surface area contributed by atoms with Gasteiger partial charge in [-0.05, 0) is 104 Å². The molecule has 2 unspecified atom stereocenters. The maximum absolute atomic E-state index is 13.0. The van der Waals surface area contributed by atoms with Crippen LogP contribution in [0.5, 0.6) is 0 Å². The number of nitrogens with one attached hydrogen (secondary N) is 2. The summed E-state index contributed by atoms with van der Waals surface area (Å²) in [5.41, 5.74) is -1.20. The van der Waals surface area contributed by atoms with Gasteiger partial charge in [-0.2, -0.15) is 0 Å². The van der Waals surface area contributed by atoms with E-state index < -0.39 is 52.7 Å². The quantitative estimate of drug-likeness (QED) is 0.0887. The summed E-state index contributed by atoms with van der Waals surface area (Å²) in [4.78, 5) is 67.8. The second kappa shape index (κ2) is 18.6. The zero-order valence-electron chi connectivity index (χ0n) is 31.5. The van der Waals surface area contributed by atoms with Gasteiger partial charge < -0.3 is 24.8 Å². The average molecular weight is 696 g/mol. The molecular weight excluding hydrogens is 638 g/mol. The fourth-order valence-electron chi connectivity index (χ4n) is 4.94. The SMILES string of the molecule is CC(Cc1ccc2ccccc2c1)C(=O)NCCCCC(C=NC(=O)N[C@@H](CCC(=O)OC(C)(C)C)C(=O)OC(C)(C)C)C(=O)OC(C)(C)C. The van der Waals surface area contributed by atoms with Crippen LogP contribution >= 0.6 is 0 Å². The number of unbranched alkanes of at least 4 members (excludes halogenated alkanes) is 1. The van der Waals surface area contributed by atoms with Crippen LogP contribution in [0.25, 0.3) is 10.8 Å². The van der Waals surface area contributed by atoms with Crippen LogP contribution in [-0.4, -0.2) is 65.5 Å². The van der Waals surface area contributed by atoms with Crippen molar-refractivity contribution in [1.29, 1.82) is 0 Å². The van der Waals surface area contributed by atoms with Gasteiger partial charge >= 0.3 is 23.9 Å². The number of carbonyl (C=O) groups excluding carboxylic acids is 5. The summed E-state index contributed by atoms with van der Waals surface area (Å²) in [7, 11) is 0. The molecule has 3 atom stereocenters. The van der Waals surface area contributed by atoms with E-state index in [0.717, 1.165) is 16.3 Å². The lowest BCUT2D eigenvalue weighted by Crippen LogP contribution is -2.43. The van der Waals surface area contributed by atoms with Crippen molar-refractivity contribution in [1.82, 2.24) is 10.6 Å². The Hall–Kier alpha value is -4.28. The summed E-state index contributed by atoms with van der Waals surface area (Å²) >= 11 is 0. The Morgan fingerprint density at radius 2 is 1.36 bits per heavy atom. The Morgan fingerprint density at radius 3 is 1.98 bits per heavy atom. The van der Waals surface area contributed by atoms with Gasteiger partial charge in [0.2, 0.25) is 5.91 Å². The molecule has 0 aromatic heterocycles. The standard InChI is InChI=1S/C39H57N3O8/c1-26(23-27-18-19-28-15-11-12-16-29(28)24-27)33(44)40-22-14-13-17-30(34(45)49-38(5,6)7)25-41-36(47)42-31(35(46)50-39(8,9)10)20-21-32(43)48-37(2,3)4/h11-12,15-16,18-19,24-26,30-31H,13-14,17,20-23H2,1-10H3,(H,40,44)(H,42,47)/t26?,30?,31-/m0/s1. The number of carbonyl (C=O) groups is 5. The third-order valence-electron chi connectivity index (χ3n) is 7.17. The van der Waals surface area contributed by atoms with Gasteiger partial charge in [-0.15, -0.1) is 0 Å². The molecule has 0 aliphatic rings. The summed E-state index contributed by atoms with van der Waals surface area (Å²) in [5, 5.41) is 7.78. The van der Waals surface area contributed by atoms with Crippen molar-refractivity contribution in [2.75, 3.05) is 6.54 Å². The predicted molar refractivity (Wildman–Crippen MR) is 195 cm³/mol. The van der Waals surface area contributed by atoms with Crippen LogP contribution in [0.3, 0.4) is 0 Å². The number of ether oxygens (including phenoxy) is 3. The fourth-order valence-corrected chi connectivity index (χ4v) is 4.94. The van der Waals surface area contributed by atoms with Crippen molar-refractivity contribution >= 4 is 46.8 Å². The summed E-state index contributed by atoms with van der Waals surface area (Å²) < 4.78 is 16.3. The zero-order chi connectivity index (χ0) is 37.7. The first kappa shape index (κ1) is 41.9. The lowest BCUT2D eigenvalue weighted by atomic mass is 9.97. The normalized spacial score (nSPS) is 14.0. The number of nitrogens with zero attached hydrogens (tertiary/aromatic N) is 1. The van der Waals surface area contributed by atoms with Gasteiger partial charge in [0.25, 0.3) is 0 Å². The zero-order valence-corrected chi connectivity index (χ0v) is 31.5. The molecule has 0 radical (unpaired) electrons. The van der Waals surface area contributed by atoms with Gasteiger partial charge in [0.05, 0.1) is 5.92 Å². The molecule has 0 bridgehead atoms. The summed E-state index contributed by atoms with van der Waals surface area (Å²) in [6.45, 7) is 17.8. The van der Waals surface area contributed by atoms with Gasteiger partial charge in [-0.1, -0.05) is 55.8 Å². The Morgan fingerprint density at radius 1 is 0.760 bits per heavy atom. The van der Waals surface area contributed by atoms with Gasteiger partial charge in [0.15, 0.2) is 0 Å². The third kappa shape index (κ3) is 16.9. The molecule has 0 saturated carbocycles. The van der Waals surface area contributed by atoms with Crippen LogP contribution in [0.4, 0.5) is 4.79 Å². The minimum atomic E-state index is -1.17. The Kier molecular flexibility index (Phi) is 15.6. The molecule has 0 spiro atoms. The highest BCUT2D eigenvalue weighted by molar-refractivity contribution is 5.96. The minimum Gasteiger partial charge on any atom is -0.460 e. The average Bonchev–Trinajstić information content (AvgIpc) is 2.97. The van der Waals surface area contributed by atoms with Gasteiger partial charge in [0, 0.05) is 25.1 Å². The highest BCUT2D eigenvalue weighted by Crippen LogP contribution is 2.19. The first-order valence-electron chi connectivity index (χ1n) is 17.4. The maximum atomic E-state index is 13.0. The third-order valence-corrected chi connectivity index (χ3v) is 7.17. The number of esters is 3. The molecule has 0 aliphatic heterocycles. The Bertz CT molecular complexity index is 1500. The van der Waals surface area contributed by atoms with E-state index in [1.54, 1.807) is 62.3 Å². The number of urea groups is 1. The van der Waals surface area contributed by atoms with Gasteiger partial charge in [-0.25, -0.2) is 14.6 Å². The molecule has 0 aliphatic carbocycles. The van der Waals surface area contributed by atoms with E-state index in [4.69, 9.17) is 14.2 Å². The van der Waals surface area contributed by atoms with Crippen LogP contribution < -0.4 is 10.6 Å². The van der Waals surface area contributed by atoms with Crippen LogP contribution in [0.2, 0.25) is 0 Å². The van der Waals surface area contributed by atoms with Crippen molar-refractivity contribution in [3.63, 3.8) is 0 Å². The van der Waals surface area contributed by atoms with Crippen molar-refractivity contribution in [3.05, 3.63) is 48.0 Å². The fraction of sp³-hybridized carbons (Fsp3) is 0.590. The second-order valence-electron chi connectivity index (χ2n) is 15.7. The van der Waals surface area contributed by atoms with Crippen LogP contribution in [0.15, 0.2) is 47.5 Å². The van der Waals surface area contributed by atoms with Crippen LogP contribution in [0, 0.1) is 11.8 Å². The summed E-state index contributed by atoms with van der Waals surface area (Å²) in [6, 6.07) is 12.3. The molecule has 2 aromatic carbocycles. The van der Waals surface area contributed by atoms with Gasteiger partial charge in [-0.3, -0.25) is 14.4 Å². The topological polar surface area (TPSA) is 149 Å². The highest BCUT2D eigenvalue weighted by atomic mass is 16.6. The van der Waals surface area contributed by atoms with E-state index >= 15 is 0 Å². The maximum Gasteiger partial charge on any atom is 0.341 e. The molecular formula is C39H57N3O8. The second-order valence-corrected chi connectivity index (χ2v) is 15.7. The Labute approximate surface area is 297 Å². The lowest BCUT2D eigenvalue weighted by Gasteiger charge is -2.25. The molecule has 50 heavy (non-hydrogen) atoms. The number of hydrogen-bond donors (Lipinski definition) is 2. The van der Waals surface area contributed by atoms with E-state index in [9.17, 15) is 24.0 Å². The number of benzene rings is 2. The molecule has 3 amide bonds. The van der Waals surface area contributed by atoms with Crippen LogP contribution in [-0.2, 0) is 39.8 Å².